The van der Waals surface area contributed by atoms with Crippen LogP contribution in [0.2, 0.25) is 0 Å². The second-order valence-corrected chi connectivity index (χ2v) is 7.51. The Morgan fingerprint density at radius 1 is 1.28 bits per heavy atom. The maximum absolute atomic E-state index is 12.7. The monoisotopic (exact) mass is 346 g/mol. The van der Waals surface area contributed by atoms with E-state index in [1.165, 1.54) is 0 Å². The van der Waals surface area contributed by atoms with Crippen molar-refractivity contribution in [2.24, 2.45) is 5.92 Å². The number of likely N-dealkylation sites (tertiary alicyclic amines) is 1. The number of carbonyl (C=O) groups excluding carboxylic acids is 1. The van der Waals surface area contributed by atoms with Crippen molar-refractivity contribution in [3.05, 3.63) is 29.2 Å². The third kappa shape index (κ3) is 4.08. The molecule has 7 nitrogen and oxygen atoms in total. The fourth-order valence-electron chi connectivity index (χ4n) is 3.07. The smallest absolute Gasteiger partial charge is 0.276 e. The van der Waals surface area contributed by atoms with Crippen molar-refractivity contribution in [3.8, 4) is 0 Å². The molecule has 3 rings (SSSR count). The van der Waals surface area contributed by atoms with Crippen LogP contribution in [0.4, 0.5) is 0 Å². The quantitative estimate of drug-likeness (QED) is 0.825. The molecule has 1 aliphatic heterocycles. The molecule has 0 N–H and O–H groups in total. The number of hydrogen-bond donors (Lipinski definition) is 0. The molecule has 0 radical (unpaired) electrons. The van der Waals surface area contributed by atoms with Crippen molar-refractivity contribution in [1.82, 2.24) is 20.2 Å². The molecule has 0 unspecified atom stereocenters. The van der Waals surface area contributed by atoms with E-state index in [1.54, 1.807) is 6.07 Å². The molecular formula is C18H26N4O3. The average Bonchev–Trinajstić information content (AvgIpc) is 3.23. The molecule has 1 saturated heterocycles. The number of rotatable bonds is 5. The van der Waals surface area contributed by atoms with Crippen LogP contribution < -0.4 is 0 Å². The van der Waals surface area contributed by atoms with Gasteiger partial charge in [-0.1, -0.05) is 38.0 Å². The van der Waals surface area contributed by atoms with E-state index in [0.29, 0.717) is 30.6 Å². The van der Waals surface area contributed by atoms with E-state index in [1.807, 2.05) is 18.7 Å². The van der Waals surface area contributed by atoms with E-state index in [9.17, 15) is 4.79 Å². The molecule has 25 heavy (non-hydrogen) atoms. The molecule has 0 bridgehead atoms. The van der Waals surface area contributed by atoms with Gasteiger partial charge < -0.3 is 13.9 Å². The van der Waals surface area contributed by atoms with Crippen molar-refractivity contribution >= 4 is 5.91 Å². The number of hydrogen-bond acceptors (Lipinski definition) is 6. The first-order valence-corrected chi connectivity index (χ1v) is 9.02. The van der Waals surface area contributed by atoms with Crippen LogP contribution in [0.25, 0.3) is 0 Å². The van der Waals surface area contributed by atoms with Crippen LogP contribution in [0, 0.1) is 5.92 Å². The number of piperidine rings is 1. The summed E-state index contributed by atoms with van der Waals surface area (Å²) in [5.41, 5.74) is 0.371. The predicted molar refractivity (Wildman–Crippen MR) is 91.3 cm³/mol. The van der Waals surface area contributed by atoms with Gasteiger partial charge in [-0.05, 0) is 18.8 Å². The first-order chi connectivity index (χ1) is 11.9. The second kappa shape index (κ2) is 7.37. The summed E-state index contributed by atoms with van der Waals surface area (Å²) in [6, 6.07) is 1.74. The molecule has 1 aliphatic rings. The normalized spacial score (nSPS) is 18.3. The van der Waals surface area contributed by atoms with E-state index >= 15 is 0 Å². The summed E-state index contributed by atoms with van der Waals surface area (Å²) < 4.78 is 10.7. The van der Waals surface area contributed by atoms with Crippen molar-refractivity contribution in [3.63, 3.8) is 0 Å². The highest BCUT2D eigenvalue weighted by Gasteiger charge is 2.30. The minimum atomic E-state index is -0.0951. The third-order valence-corrected chi connectivity index (χ3v) is 4.45. The molecule has 0 aromatic carbocycles. The third-order valence-electron chi connectivity index (χ3n) is 4.45. The van der Waals surface area contributed by atoms with Crippen LogP contribution in [0.1, 0.15) is 80.3 Å². The topological polar surface area (TPSA) is 85.3 Å². The first kappa shape index (κ1) is 17.6. The van der Waals surface area contributed by atoms with Gasteiger partial charge in [-0.3, -0.25) is 4.79 Å². The highest BCUT2D eigenvalue weighted by molar-refractivity contribution is 5.92. The Labute approximate surface area is 147 Å². The standard InChI is InChI=1S/C18H26N4O3/c1-11(2)8-16-19-17(25-21-16)13-6-5-7-22(10-13)18(23)14-9-15(12(3)4)24-20-14/h9,11-13H,5-8,10H2,1-4H3/t13-/m1/s1. The number of amides is 1. The lowest BCUT2D eigenvalue weighted by atomic mass is 9.97. The molecule has 1 atom stereocenters. The largest absolute Gasteiger partial charge is 0.360 e. The van der Waals surface area contributed by atoms with Crippen molar-refractivity contribution < 1.29 is 13.8 Å². The zero-order valence-corrected chi connectivity index (χ0v) is 15.4. The van der Waals surface area contributed by atoms with E-state index in [2.05, 4.69) is 29.1 Å². The van der Waals surface area contributed by atoms with Gasteiger partial charge in [-0.15, -0.1) is 0 Å². The molecule has 0 aliphatic carbocycles. The van der Waals surface area contributed by atoms with Gasteiger partial charge in [0.15, 0.2) is 11.5 Å². The van der Waals surface area contributed by atoms with Crippen LogP contribution in [0.15, 0.2) is 15.1 Å². The lowest BCUT2D eigenvalue weighted by Crippen LogP contribution is -2.39. The van der Waals surface area contributed by atoms with Gasteiger partial charge in [0.2, 0.25) is 5.89 Å². The molecule has 2 aromatic rings. The fraction of sp³-hybridized carbons (Fsp3) is 0.667. The lowest BCUT2D eigenvalue weighted by Gasteiger charge is -2.30. The van der Waals surface area contributed by atoms with Gasteiger partial charge in [0.1, 0.15) is 5.76 Å². The minimum absolute atomic E-state index is 0.0857. The molecule has 7 heteroatoms. The van der Waals surface area contributed by atoms with Crippen LogP contribution >= 0.6 is 0 Å². The molecule has 3 heterocycles. The van der Waals surface area contributed by atoms with Gasteiger partial charge in [-0.25, -0.2) is 0 Å². The van der Waals surface area contributed by atoms with E-state index < -0.39 is 0 Å². The summed E-state index contributed by atoms with van der Waals surface area (Å²) >= 11 is 0. The van der Waals surface area contributed by atoms with Gasteiger partial charge in [-0.2, -0.15) is 4.98 Å². The Kier molecular flexibility index (Phi) is 5.20. The van der Waals surface area contributed by atoms with Gasteiger partial charge in [0.05, 0.1) is 5.92 Å². The van der Waals surface area contributed by atoms with E-state index in [0.717, 1.165) is 30.8 Å². The van der Waals surface area contributed by atoms with Gasteiger partial charge >= 0.3 is 0 Å². The Hall–Kier alpha value is -2.18. The Morgan fingerprint density at radius 2 is 2.08 bits per heavy atom. The Morgan fingerprint density at radius 3 is 2.76 bits per heavy atom. The highest BCUT2D eigenvalue weighted by atomic mass is 16.5. The van der Waals surface area contributed by atoms with Crippen LogP contribution in [0.5, 0.6) is 0 Å². The summed E-state index contributed by atoms with van der Waals surface area (Å²) in [6.45, 7) is 9.56. The van der Waals surface area contributed by atoms with Crippen LogP contribution in [0.3, 0.4) is 0 Å². The van der Waals surface area contributed by atoms with E-state index in [-0.39, 0.29) is 17.7 Å². The maximum Gasteiger partial charge on any atom is 0.276 e. The summed E-state index contributed by atoms with van der Waals surface area (Å²) in [5.74, 6) is 2.79. The number of nitrogens with zero attached hydrogens (tertiary/aromatic N) is 4. The Balaban J connectivity index is 1.67. The summed E-state index contributed by atoms with van der Waals surface area (Å²) in [6.07, 6.45) is 2.66. The molecule has 1 amide bonds. The predicted octanol–water partition coefficient (Wildman–Crippen LogP) is 3.40. The Bertz CT molecular complexity index is 719. The molecule has 0 spiro atoms. The SMILES string of the molecule is CC(C)Cc1noc([C@@H]2CCCN(C(=O)c3cc(C(C)C)on3)C2)n1. The molecule has 136 valence electrons. The number of carbonyl (C=O) groups is 1. The number of aromatic nitrogens is 3. The molecule has 0 saturated carbocycles. The van der Waals surface area contributed by atoms with Gasteiger partial charge in [0, 0.05) is 31.5 Å². The zero-order valence-electron chi connectivity index (χ0n) is 15.4. The van der Waals surface area contributed by atoms with E-state index in [4.69, 9.17) is 9.05 Å². The van der Waals surface area contributed by atoms with Crippen molar-refractivity contribution in [1.29, 1.82) is 0 Å². The highest BCUT2D eigenvalue weighted by Crippen LogP contribution is 2.27. The van der Waals surface area contributed by atoms with Crippen LogP contribution in [-0.2, 0) is 6.42 Å². The van der Waals surface area contributed by atoms with Gasteiger partial charge in [0.25, 0.3) is 5.91 Å². The molecular weight excluding hydrogens is 320 g/mol. The molecule has 1 fully saturated rings. The average molecular weight is 346 g/mol. The fourth-order valence-corrected chi connectivity index (χ4v) is 3.07. The van der Waals surface area contributed by atoms with Crippen molar-refractivity contribution in [2.75, 3.05) is 13.1 Å². The minimum Gasteiger partial charge on any atom is -0.360 e. The van der Waals surface area contributed by atoms with Crippen LogP contribution in [-0.4, -0.2) is 39.2 Å². The second-order valence-electron chi connectivity index (χ2n) is 7.51. The molecule has 2 aromatic heterocycles. The summed E-state index contributed by atoms with van der Waals surface area (Å²) in [7, 11) is 0. The lowest BCUT2D eigenvalue weighted by molar-refractivity contribution is 0.0685. The van der Waals surface area contributed by atoms with Crippen molar-refractivity contribution in [2.45, 2.75) is 58.8 Å². The first-order valence-electron chi connectivity index (χ1n) is 9.02. The summed E-state index contributed by atoms with van der Waals surface area (Å²) in [5, 5.41) is 7.99. The summed E-state index contributed by atoms with van der Waals surface area (Å²) in [4.78, 5) is 19.0. The zero-order chi connectivity index (χ0) is 18.0. The maximum atomic E-state index is 12.7.